The molecule has 202 valence electrons. The molecule has 36 heavy (non-hydrogen) atoms. The van der Waals surface area contributed by atoms with E-state index < -0.39 is 5.41 Å². The minimum atomic E-state index is -0.406. The maximum absolute atomic E-state index is 12.3. The number of carbonyl (C=O) groups is 2. The monoisotopic (exact) mass is 534 g/mol. The standard InChI is InChI=1S/C28H40O4S2.C2H6/c1-9-28(10-2,25-15-20(5)23(34-25)17-33-18-26(30)31-11-3)21-12-13-22(19(4)14-21)32-16-24(29)27(6,7)8;1-2/h12-15H,9-11,16-18H2,1-8H3;1-2H3. The average molecular weight is 535 g/mol. The van der Waals surface area contributed by atoms with E-state index in [0.717, 1.165) is 29.9 Å². The molecule has 1 aromatic carbocycles. The number of aryl methyl sites for hydroxylation is 2. The molecule has 0 aliphatic carbocycles. The van der Waals surface area contributed by atoms with Crippen LogP contribution in [0.2, 0.25) is 0 Å². The van der Waals surface area contributed by atoms with E-state index >= 15 is 0 Å². The van der Waals surface area contributed by atoms with Crippen LogP contribution in [0.4, 0.5) is 0 Å². The molecule has 0 unspecified atom stereocenters. The van der Waals surface area contributed by atoms with Crippen LogP contribution in [0.15, 0.2) is 24.3 Å². The molecule has 0 spiro atoms. The van der Waals surface area contributed by atoms with E-state index in [0.29, 0.717) is 12.4 Å². The van der Waals surface area contributed by atoms with Gasteiger partial charge in [-0.2, -0.15) is 0 Å². The van der Waals surface area contributed by atoms with Crippen molar-refractivity contribution in [3.63, 3.8) is 0 Å². The van der Waals surface area contributed by atoms with E-state index in [4.69, 9.17) is 9.47 Å². The summed E-state index contributed by atoms with van der Waals surface area (Å²) in [4.78, 5) is 26.6. The number of ketones is 1. The zero-order valence-corrected chi connectivity index (χ0v) is 25.6. The van der Waals surface area contributed by atoms with Crippen LogP contribution >= 0.6 is 23.1 Å². The Hall–Kier alpha value is -1.79. The summed E-state index contributed by atoms with van der Waals surface area (Å²) in [6.07, 6.45) is 1.97. The minimum absolute atomic E-state index is 0.0794. The van der Waals surface area contributed by atoms with Crippen molar-refractivity contribution in [1.82, 2.24) is 0 Å². The van der Waals surface area contributed by atoms with Crippen molar-refractivity contribution < 1.29 is 19.1 Å². The number of thioether (sulfide) groups is 1. The first-order valence-corrected chi connectivity index (χ1v) is 15.1. The van der Waals surface area contributed by atoms with Crippen molar-refractivity contribution in [2.75, 3.05) is 19.0 Å². The number of benzene rings is 1. The van der Waals surface area contributed by atoms with Gasteiger partial charge in [0, 0.05) is 26.3 Å². The maximum atomic E-state index is 12.3. The van der Waals surface area contributed by atoms with E-state index in [1.165, 1.54) is 20.9 Å². The Balaban J connectivity index is 0.00000316. The molecular formula is C30H46O4S2. The number of ether oxygens (including phenoxy) is 2. The van der Waals surface area contributed by atoms with E-state index in [1.54, 1.807) is 11.8 Å². The highest BCUT2D eigenvalue weighted by Gasteiger charge is 2.33. The smallest absolute Gasteiger partial charge is 0.315 e. The predicted octanol–water partition coefficient (Wildman–Crippen LogP) is 8.29. The summed E-state index contributed by atoms with van der Waals surface area (Å²) in [6, 6.07) is 8.70. The fourth-order valence-electron chi connectivity index (χ4n) is 3.95. The summed E-state index contributed by atoms with van der Waals surface area (Å²) in [7, 11) is 0. The van der Waals surface area contributed by atoms with Gasteiger partial charge in [-0.3, -0.25) is 9.59 Å². The normalized spacial score (nSPS) is 11.5. The third kappa shape index (κ3) is 8.37. The van der Waals surface area contributed by atoms with Crippen LogP contribution in [0, 0.1) is 19.3 Å². The molecule has 0 amide bonds. The van der Waals surface area contributed by atoms with Crippen LogP contribution < -0.4 is 4.74 Å². The van der Waals surface area contributed by atoms with Gasteiger partial charge in [0.15, 0.2) is 5.78 Å². The Kier molecular flexibility index (Phi) is 13.3. The number of esters is 1. The highest BCUT2D eigenvalue weighted by atomic mass is 32.2. The van der Waals surface area contributed by atoms with Gasteiger partial charge < -0.3 is 9.47 Å². The van der Waals surface area contributed by atoms with E-state index in [-0.39, 0.29) is 23.8 Å². The number of carbonyl (C=O) groups excluding carboxylic acids is 2. The molecule has 0 radical (unpaired) electrons. The molecule has 2 aromatic rings. The Morgan fingerprint density at radius 2 is 1.61 bits per heavy atom. The van der Waals surface area contributed by atoms with Crippen LogP contribution in [0.5, 0.6) is 5.75 Å². The summed E-state index contributed by atoms with van der Waals surface area (Å²) >= 11 is 3.46. The third-order valence-electron chi connectivity index (χ3n) is 6.38. The van der Waals surface area contributed by atoms with Crippen molar-refractivity contribution in [3.8, 4) is 5.75 Å². The van der Waals surface area contributed by atoms with E-state index in [1.807, 2.05) is 65.9 Å². The fourth-order valence-corrected chi connectivity index (χ4v) is 6.52. The Labute approximate surface area is 227 Å². The average Bonchev–Trinajstić information content (AvgIpc) is 3.21. The SMILES string of the molecule is CC.CCOC(=O)CSCc1sc(C(CC)(CC)c2ccc(OCC(=O)C(C)(C)C)c(C)c2)cc1C. The van der Waals surface area contributed by atoms with Gasteiger partial charge >= 0.3 is 5.97 Å². The van der Waals surface area contributed by atoms with Crippen LogP contribution in [0.1, 0.15) is 94.7 Å². The Morgan fingerprint density at radius 3 is 2.14 bits per heavy atom. The largest absolute Gasteiger partial charge is 0.486 e. The van der Waals surface area contributed by atoms with Gasteiger partial charge in [-0.1, -0.05) is 60.6 Å². The lowest BCUT2D eigenvalue weighted by atomic mass is 9.74. The molecule has 1 aromatic heterocycles. The zero-order chi connectivity index (χ0) is 27.5. The van der Waals surface area contributed by atoms with Gasteiger partial charge in [-0.15, -0.1) is 23.1 Å². The van der Waals surface area contributed by atoms with Crippen molar-refractivity contribution in [1.29, 1.82) is 0 Å². The molecule has 0 aliphatic rings. The van der Waals surface area contributed by atoms with E-state index in [2.05, 4.69) is 39.0 Å². The van der Waals surface area contributed by atoms with Gasteiger partial charge in [0.2, 0.25) is 0 Å². The first kappa shape index (κ1) is 32.2. The second kappa shape index (κ2) is 14.8. The first-order valence-electron chi connectivity index (χ1n) is 13.1. The lowest BCUT2D eigenvalue weighted by molar-refractivity contribution is -0.139. The predicted molar refractivity (Wildman–Crippen MR) is 156 cm³/mol. The summed E-state index contributed by atoms with van der Waals surface area (Å²) in [5.41, 5.74) is 3.11. The Bertz CT molecular complexity index is 981. The van der Waals surface area contributed by atoms with Crippen molar-refractivity contribution in [2.24, 2.45) is 5.41 Å². The number of rotatable bonds is 12. The third-order valence-corrected chi connectivity index (χ3v) is 8.94. The summed E-state index contributed by atoms with van der Waals surface area (Å²) in [5.74, 6) is 1.90. The molecule has 0 bridgehead atoms. The van der Waals surface area contributed by atoms with Crippen molar-refractivity contribution in [2.45, 2.75) is 93.2 Å². The summed E-state index contributed by atoms with van der Waals surface area (Å²) in [6.45, 7) is 20.8. The number of thiophene rings is 1. The number of Topliss-reactive ketones (excluding diaryl/α,β-unsaturated/α-hetero) is 1. The molecule has 1 heterocycles. The van der Waals surface area contributed by atoms with Crippen LogP contribution in [-0.4, -0.2) is 30.7 Å². The molecule has 0 saturated heterocycles. The first-order chi connectivity index (χ1) is 17.0. The van der Waals surface area contributed by atoms with Gasteiger partial charge in [-0.05, 0) is 62.4 Å². The highest BCUT2D eigenvalue weighted by Crippen LogP contribution is 2.44. The zero-order valence-electron chi connectivity index (χ0n) is 24.0. The van der Waals surface area contributed by atoms with Gasteiger partial charge in [0.1, 0.15) is 12.4 Å². The summed E-state index contributed by atoms with van der Waals surface area (Å²) in [5, 5.41) is 0. The van der Waals surface area contributed by atoms with E-state index in [9.17, 15) is 9.59 Å². The molecule has 6 heteroatoms. The number of hydrogen-bond donors (Lipinski definition) is 0. The van der Waals surface area contributed by atoms with Gasteiger partial charge in [0.25, 0.3) is 0 Å². The fraction of sp³-hybridized carbons (Fsp3) is 0.600. The quantitative estimate of drug-likeness (QED) is 0.256. The summed E-state index contributed by atoms with van der Waals surface area (Å²) < 4.78 is 10.9. The van der Waals surface area contributed by atoms with Crippen molar-refractivity contribution in [3.05, 3.63) is 50.7 Å². The molecule has 0 atom stereocenters. The maximum Gasteiger partial charge on any atom is 0.315 e. The molecular weight excluding hydrogens is 488 g/mol. The second-order valence-corrected chi connectivity index (χ2v) is 11.9. The van der Waals surface area contributed by atoms with Crippen molar-refractivity contribution >= 4 is 34.9 Å². The number of hydrogen-bond acceptors (Lipinski definition) is 6. The highest BCUT2D eigenvalue weighted by molar-refractivity contribution is 7.99. The molecule has 0 fully saturated rings. The molecule has 0 saturated carbocycles. The van der Waals surface area contributed by atoms with Crippen LogP contribution in [0.3, 0.4) is 0 Å². The second-order valence-electron chi connectivity index (χ2n) is 9.75. The molecule has 2 rings (SSSR count). The molecule has 4 nitrogen and oxygen atoms in total. The lowest BCUT2D eigenvalue weighted by Crippen LogP contribution is -2.27. The van der Waals surface area contributed by atoms with Crippen LogP contribution in [0.25, 0.3) is 0 Å². The molecule has 0 N–H and O–H groups in total. The molecule has 0 aliphatic heterocycles. The lowest BCUT2D eigenvalue weighted by Gasteiger charge is -2.32. The minimum Gasteiger partial charge on any atom is -0.486 e. The van der Waals surface area contributed by atoms with Crippen LogP contribution in [-0.2, 0) is 25.5 Å². The Morgan fingerprint density at radius 1 is 0.972 bits per heavy atom. The van der Waals surface area contributed by atoms with Gasteiger partial charge in [0.05, 0.1) is 12.4 Å². The van der Waals surface area contributed by atoms with Gasteiger partial charge in [-0.25, -0.2) is 0 Å². The topological polar surface area (TPSA) is 52.6 Å².